The van der Waals surface area contributed by atoms with E-state index in [0.717, 1.165) is 6.42 Å². The van der Waals surface area contributed by atoms with E-state index in [4.69, 9.17) is 10.5 Å². The van der Waals surface area contributed by atoms with Gasteiger partial charge in [-0.2, -0.15) is 0 Å². The fraction of sp³-hybridized carbons (Fsp3) is 0.353. The second-order valence-electron chi connectivity index (χ2n) is 5.31. The highest BCUT2D eigenvalue weighted by atomic mass is 16.5. The molecule has 0 saturated carbocycles. The van der Waals surface area contributed by atoms with Crippen LogP contribution in [0.15, 0.2) is 42.5 Å². The van der Waals surface area contributed by atoms with Gasteiger partial charge in [0.1, 0.15) is 0 Å². The summed E-state index contributed by atoms with van der Waals surface area (Å²) in [4.78, 5) is 11.4. The molecule has 2 aromatic carbocycles. The van der Waals surface area contributed by atoms with Gasteiger partial charge in [0.2, 0.25) is 0 Å². The molecular formula is C17H21NO2. The van der Waals surface area contributed by atoms with Crippen LogP contribution in [0.3, 0.4) is 0 Å². The summed E-state index contributed by atoms with van der Waals surface area (Å²) < 4.78 is 4.73. The molecule has 0 spiro atoms. The van der Waals surface area contributed by atoms with Crippen molar-refractivity contribution in [2.45, 2.75) is 25.8 Å². The molecule has 2 atom stereocenters. The Balaban J connectivity index is 2.02. The number of hydrogen-bond donors (Lipinski definition) is 1. The molecule has 0 saturated heterocycles. The van der Waals surface area contributed by atoms with Crippen molar-refractivity contribution < 1.29 is 9.53 Å². The second-order valence-corrected chi connectivity index (χ2v) is 5.31. The van der Waals surface area contributed by atoms with Crippen molar-refractivity contribution in [3.05, 3.63) is 48.0 Å². The fourth-order valence-electron chi connectivity index (χ4n) is 2.50. The van der Waals surface area contributed by atoms with Crippen LogP contribution in [-0.4, -0.2) is 19.1 Å². The minimum absolute atomic E-state index is 0.0368. The number of carbonyl (C=O) groups excluding carboxylic acids is 1. The van der Waals surface area contributed by atoms with Gasteiger partial charge in [0.05, 0.1) is 13.0 Å². The molecule has 0 radical (unpaired) electrons. The van der Waals surface area contributed by atoms with Crippen molar-refractivity contribution in [2.24, 2.45) is 11.7 Å². The van der Waals surface area contributed by atoms with Crippen molar-refractivity contribution >= 4 is 16.7 Å². The van der Waals surface area contributed by atoms with Gasteiger partial charge >= 0.3 is 5.97 Å². The smallest absolute Gasteiger partial charge is 0.308 e. The first-order valence-corrected chi connectivity index (χ1v) is 6.91. The fourth-order valence-corrected chi connectivity index (χ4v) is 2.50. The van der Waals surface area contributed by atoms with Crippen LogP contribution in [-0.2, 0) is 16.0 Å². The van der Waals surface area contributed by atoms with Crippen molar-refractivity contribution in [1.29, 1.82) is 0 Å². The standard InChI is InChI=1S/C17H21NO2/c1-12(17(19)20-2)9-16(18)11-13-7-8-14-5-3-4-6-15(14)10-13/h3-8,10,12,16H,9,11,18H2,1-2H3. The lowest BCUT2D eigenvalue weighted by molar-refractivity contribution is -0.145. The van der Waals surface area contributed by atoms with Crippen molar-refractivity contribution in [3.8, 4) is 0 Å². The number of nitrogens with two attached hydrogens (primary N) is 1. The highest BCUT2D eigenvalue weighted by Crippen LogP contribution is 2.18. The summed E-state index contributed by atoms with van der Waals surface area (Å²) in [5.41, 5.74) is 7.34. The predicted molar refractivity (Wildman–Crippen MR) is 81.4 cm³/mol. The van der Waals surface area contributed by atoms with Gasteiger partial charge in [-0.15, -0.1) is 0 Å². The first-order chi connectivity index (χ1) is 9.60. The van der Waals surface area contributed by atoms with E-state index in [2.05, 4.69) is 30.3 Å². The zero-order chi connectivity index (χ0) is 14.5. The molecule has 20 heavy (non-hydrogen) atoms. The van der Waals surface area contributed by atoms with Gasteiger partial charge in [-0.3, -0.25) is 4.79 Å². The molecule has 0 amide bonds. The third kappa shape index (κ3) is 3.58. The lowest BCUT2D eigenvalue weighted by Gasteiger charge is -2.16. The van der Waals surface area contributed by atoms with Crippen LogP contribution in [0.5, 0.6) is 0 Å². The largest absolute Gasteiger partial charge is 0.469 e. The number of benzene rings is 2. The van der Waals surface area contributed by atoms with Crippen LogP contribution in [0.2, 0.25) is 0 Å². The maximum Gasteiger partial charge on any atom is 0.308 e. The van der Waals surface area contributed by atoms with Crippen LogP contribution in [0.1, 0.15) is 18.9 Å². The van der Waals surface area contributed by atoms with Gasteiger partial charge in [0.15, 0.2) is 0 Å². The number of fused-ring (bicyclic) bond motifs is 1. The third-order valence-corrected chi connectivity index (χ3v) is 3.57. The summed E-state index contributed by atoms with van der Waals surface area (Å²) in [5.74, 6) is -0.352. The summed E-state index contributed by atoms with van der Waals surface area (Å²) in [5, 5.41) is 2.45. The van der Waals surface area contributed by atoms with Gasteiger partial charge < -0.3 is 10.5 Å². The molecular weight excluding hydrogens is 250 g/mol. The number of methoxy groups -OCH3 is 1. The van der Waals surface area contributed by atoms with E-state index in [1.54, 1.807) is 0 Å². The molecule has 0 aliphatic heterocycles. The van der Waals surface area contributed by atoms with E-state index in [-0.39, 0.29) is 17.9 Å². The SMILES string of the molecule is COC(=O)C(C)CC(N)Cc1ccc2ccccc2c1. The van der Waals surface area contributed by atoms with Crippen LogP contribution in [0.4, 0.5) is 0 Å². The number of carbonyl (C=O) groups is 1. The highest BCUT2D eigenvalue weighted by molar-refractivity contribution is 5.83. The van der Waals surface area contributed by atoms with E-state index < -0.39 is 0 Å². The summed E-state index contributed by atoms with van der Waals surface area (Å²) in [7, 11) is 1.41. The maximum atomic E-state index is 11.4. The zero-order valence-corrected chi connectivity index (χ0v) is 12.0. The predicted octanol–water partition coefficient (Wildman–Crippen LogP) is 2.91. The number of hydrogen-bond acceptors (Lipinski definition) is 3. The normalized spacial score (nSPS) is 13.9. The molecule has 0 fully saturated rings. The van der Waals surface area contributed by atoms with Crippen molar-refractivity contribution in [1.82, 2.24) is 0 Å². The molecule has 0 bridgehead atoms. The summed E-state index contributed by atoms with van der Waals surface area (Å²) in [6, 6.07) is 14.6. The summed E-state index contributed by atoms with van der Waals surface area (Å²) in [6.45, 7) is 1.85. The first-order valence-electron chi connectivity index (χ1n) is 6.91. The Morgan fingerprint density at radius 2 is 1.90 bits per heavy atom. The number of rotatable bonds is 5. The van der Waals surface area contributed by atoms with Crippen LogP contribution < -0.4 is 5.73 Å². The number of ether oxygens (including phenoxy) is 1. The van der Waals surface area contributed by atoms with Gasteiger partial charge in [-0.05, 0) is 29.2 Å². The molecule has 106 valence electrons. The van der Waals surface area contributed by atoms with Gasteiger partial charge in [0, 0.05) is 6.04 Å². The Bertz CT molecular complexity index is 594. The first kappa shape index (κ1) is 14.5. The van der Waals surface area contributed by atoms with E-state index >= 15 is 0 Å². The minimum atomic E-state index is -0.195. The Morgan fingerprint density at radius 1 is 1.20 bits per heavy atom. The molecule has 2 unspecified atom stereocenters. The lowest BCUT2D eigenvalue weighted by Crippen LogP contribution is -2.28. The highest BCUT2D eigenvalue weighted by Gasteiger charge is 2.17. The molecule has 3 nitrogen and oxygen atoms in total. The zero-order valence-electron chi connectivity index (χ0n) is 12.0. The van der Waals surface area contributed by atoms with E-state index in [1.807, 2.05) is 19.1 Å². The Labute approximate surface area is 119 Å². The van der Waals surface area contributed by atoms with E-state index in [1.165, 1.54) is 23.4 Å². The Morgan fingerprint density at radius 3 is 2.60 bits per heavy atom. The quantitative estimate of drug-likeness (QED) is 0.851. The van der Waals surface area contributed by atoms with E-state index in [0.29, 0.717) is 6.42 Å². The van der Waals surface area contributed by atoms with Gasteiger partial charge in [-0.25, -0.2) is 0 Å². The van der Waals surface area contributed by atoms with Crippen LogP contribution in [0.25, 0.3) is 10.8 Å². The Kier molecular flexibility index (Phi) is 4.74. The minimum Gasteiger partial charge on any atom is -0.469 e. The molecule has 0 aliphatic rings. The number of esters is 1. The third-order valence-electron chi connectivity index (χ3n) is 3.57. The average Bonchev–Trinajstić information content (AvgIpc) is 2.46. The molecule has 2 rings (SSSR count). The lowest BCUT2D eigenvalue weighted by atomic mass is 9.95. The van der Waals surface area contributed by atoms with Gasteiger partial charge in [-0.1, -0.05) is 49.4 Å². The van der Waals surface area contributed by atoms with Gasteiger partial charge in [0.25, 0.3) is 0 Å². The molecule has 0 heterocycles. The van der Waals surface area contributed by atoms with E-state index in [9.17, 15) is 4.79 Å². The molecule has 0 aliphatic carbocycles. The van der Waals surface area contributed by atoms with Crippen molar-refractivity contribution in [2.75, 3.05) is 7.11 Å². The average molecular weight is 271 g/mol. The summed E-state index contributed by atoms with van der Waals surface area (Å²) >= 11 is 0. The molecule has 0 aromatic heterocycles. The molecule has 3 heteroatoms. The maximum absolute atomic E-state index is 11.4. The van der Waals surface area contributed by atoms with Crippen LogP contribution >= 0.6 is 0 Å². The monoisotopic (exact) mass is 271 g/mol. The van der Waals surface area contributed by atoms with Crippen LogP contribution in [0, 0.1) is 5.92 Å². The Hall–Kier alpha value is -1.87. The molecule has 2 N–H and O–H groups in total. The summed E-state index contributed by atoms with van der Waals surface area (Å²) in [6.07, 6.45) is 1.41. The van der Waals surface area contributed by atoms with Crippen molar-refractivity contribution in [3.63, 3.8) is 0 Å². The topological polar surface area (TPSA) is 52.3 Å². The molecule has 2 aromatic rings. The second kappa shape index (κ2) is 6.53.